The Morgan fingerprint density at radius 2 is 2.30 bits per heavy atom. The molecule has 1 fully saturated rings. The van der Waals surface area contributed by atoms with E-state index in [9.17, 15) is 0 Å². The lowest BCUT2D eigenvalue weighted by molar-refractivity contribution is 0.374. The molecule has 0 bridgehead atoms. The first-order chi connectivity index (χ1) is 4.74. The van der Waals surface area contributed by atoms with Crippen LogP contribution in [0.4, 0.5) is 0 Å². The monoisotopic (exact) mass is 139 g/mol. The first-order valence-corrected chi connectivity index (χ1v) is 4.10. The molecule has 1 nitrogen and oxygen atoms in total. The summed E-state index contributed by atoms with van der Waals surface area (Å²) in [6, 6.07) is 0. The van der Waals surface area contributed by atoms with E-state index in [1.807, 2.05) is 6.20 Å². The molecule has 10 heavy (non-hydrogen) atoms. The van der Waals surface area contributed by atoms with Crippen LogP contribution in [0.1, 0.15) is 20.3 Å². The lowest BCUT2D eigenvalue weighted by Crippen LogP contribution is -2.15. The van der Waals surface area contributed by atoms with Crippen LogP contribution in [0.25, 0.3) is 0 Å². The predicted molar refractivity (Wildman–Crippen MR) is 44.7 cm³/mol. The Morgan fingerprint density at radius 1 is 1.60 bits per heavy atom. The van der Waals surface area contributed by atoms with E-state index in [0.29, 0.717) is 0 Å². The highest BCUT2D eigenvalue weighted by molar-refractivity contribution is 4.82. The molecule has 0 aliphatic carbocycles. The zero-order valence-electron chi connectivity index (χ0n) is 7.01. The highest BCUT2D eigenvalue weighted by Crippen LogP contribution is 2.23. The van der Waals surface area contributed by atoms with Gasteiger partial charge in [0.15, 0.2) is 0 Å². The Hall–Kier alpha value is -0.460. The van der Waals surface area contributed by atoms with Gasteiger partial charge in [-0.1, -0.05) is 20.4 Å². The van der Waals surface area contributed by atoms with Crippen molar-refractivity contribution in [3.05, 3.63) is 12.8 Å². The van der Waals surface area contributed by atoms with Crippen molar-refractivity contribution < 1.29 is 0 Å². The summed E-state index contributed by atoms with van der Waals surface area (Å²) in [5.74, 6) is 1.74. The standard InChI is InChI=1S/C9H17N/c1-4-10-6-5-9(7-10)8(2)3/h4,8-9H,1,5-7H2,2-3H3. The van der Waals surface area contributed by atoms with E-state index in [1.54, 1.807) is 0 Å². The molecule has 0 spiro atoms. The van der Waals surface area contributed by atoms with Gasteiger partial charge in [0, 0.05) is 13.1 Å². The van der Waals surface area contributed by atoms with Crippen LogP contribution in [0.5, 0.6) is 0 Å². The molecule has 58 valence electrons. The van der Waals surface area contributed by atoms with E-state index in [0.717, 1.165) is 11.8 Å². The van der Waals surface area contributed by atoms with Crippen LogP contribution in [0, 0.1) is 11.8 Å². The summed E-state index contributed by atoms with van der Waals surface area (Å²) in [6.07, 6.45) is 3.31. The molecule has 1 heteroatoms. The van der Waals surface area contributed by atoms with E-state index in [4.69, 9.17) is 0 Å². The van der Waals surface area contributed by atoms with Crippen LogP contribution in [0.3, 0.4) is 0 Å². The van der Waals surface area contributed by atoms with Crippen molar-refractivity contribution in [2.24, 2.45) is 11.8 Å². The molecular weight excluding hydrogens is 122 g/mol. The molecule has 0 radical (unpaired) electrons. The number of nitrogens with zero attached hydrogens (tertiary/aromatic N) is 1. The fraction of sp³-hybridized carbons (Fsp3) is 0.778. The zero-order chi connectivity index (χ0) is 7.56. The maximum atomic E-state index is 3.76. The summed E-state index contributed by atoms with van der Waals surface area (Å²) in [7, 11) is 0. The smallest absolute Gasteiger partial charge is 0.0203 e. The molecule has 1 atom stereocenters. The van der Waals surface area contributed by atoms with Gasteiger partial charge in [-0.3, -0.25) is 0 Å². The van der Waals surface area contributed by atoms with Crippen LogP contribution in [0.2, 0.25) is 0 Å². The summed E-state index contributed by atoms with van der Waals surface area (Å²) in [4.78, 5) is 2.31. The van der Waals surface area contributed by atoms with Gasteiger partial charge in [-0.15, -0.1) is 0 Å². The second-order valence-electron chi connectivity index (χ2n) is 3.47. The Morgan fingerprint density at radius 3 is 2.60 bits per heavy atom. The minimum absolute atomic E-state index is 0.838. The average Bonchev–Trinajstić information content (AvgIpc) is 2.34. The highest BCUT2D eigenvalue weighted by atomic mass is 15.1. The first kappa shape index (κ1) is 7.64. The minimum atomic E-state index is 0.838. The third-order valence-corrected chi connectivity index (χ3v) is 2.46. The fourth-order valence-corrected chi connectivity index (χ4v) is 1.53. The molecule has 0 aromatic heterocycles. The number of hydrogen-bond donors (Lipinski definition) is 0. The first-order valence-electron chi connectivity index (χ1n) is 4.10. The Bertz CT molecular complexity index is 118. The van der Waals surface area contributed by atoms with Crippen molar-refractivity contribution in [1.82, 2.24) is 4.90 Å². The van der Waals surface area contributed by atoms with Crippen LogP contribution >= 0.6 is 0 Å². The second-order valence-corrected chi connectivity index (χ2v) is 3.47. The highest BCUT2D eigenvalue weighted by Gasteiger charge is 2.21. The molecule has 0 saturated carbocycles. The van der Waals surface area contributed by atoms with Gasteiger partial charge in [-0.25, -0.2) is 0 Å². The number of hydrogen-bond acceptors (Lipinski definition) is 1. The Kier molecular flexibility index (Phi) is 2.36. The Labute approximate surface area is 63.7 Å². The average molecular weight is 139 g/mol. The van der Waals surface area contributed by atoms with Gasteiger partial charge in [0.1, 0.15) is 0 Å². The van der Waals surface area contributed by atoms with Crippen LogP contribution < -0.4 is 0 Å². The lowest BCUT2D eigenvalue weighted by atomic mass is 9.95. The molecule has 1 rings (SSSR count). The molecule has 1 saturated heterocycles. The molecular formula is C9H17N. The molecule has 0 amide bonds. The Balaban J connectivity index is 2.35. The van der Waals surface area contributed by atoms with Gasteiger partial charge in [0.2, 0.25) is 0 Å². The third kappa shape index (κ3) is 1.53. The van der Waals surface area contributed by atoms with Gasteiger partial charge in [0.05, 0.1) is 0 Å². The van der Waals surface area contributed by atoms with E-state index < -0.39 is 0 Å². The van der Waals surface area contributed by atoms with Crippen molar-refractivity contribution in [2.75, 3.05) is 13.1 Å². The normalized spacial score (nSPS) is 25.9. The SMILES string of the molecule is C=CN1CCC(C(C)C)C1. The largest absolute Gasteiger partial charge is 0.378 e. The maximum Gasteiger partial charge on any atom is 0.0203 e. The minimum Gasteiger partial charge on any atom is -0.378 e. The van der Waals surface area contributed by atoms with Gasteiger partial charge >= 0.3 is 0 Å². The van der Waals surface area contributed by atoms with Crippen molar-refractivity contribution in [3.63, 3.8) is 0 Å². The maximum absolute atomic E-state index is 3.76. The van der Waals surface area contributed by atoms with Crippen LogP contribution in [0.15, 0.2) is 12.8 Å². The molecule has 0 aromatic carbocycles. The van der Waals surface area contributed by atoms with Crippen molar-refractivity contribution in [2.45, 2.75) is 20.3 Å². The van der Waals surface area contributed by atoms with Crippen LogP contribution in [-0.2, 0) is 0 Å². The summed E-state index contributed by atoms with van der Waals surface area (Å²) >= 11 is 0. The topological polar surface area (TPSA) is 3.24 Å². The van der Waals surface area contributed by atoms with Gasteiger partial charge in [0.25, 0.3) is 0 Å². The van der Waals surface area contributed by atoms with Crippen molar-refractivity contribution >= 4 is 0 Å². The quantitative estimate of drug-likeness (QED) is 0.566. The molecule has 0 aromatic rings. The molecule has 0 N–H and O–H groups in total. The summed E-state index contributed by atoms with van der Waals surface area (Å²) in [5, 5.41) is 0. The van der Waals surface area contributed by atoms with Gasteiger partial charge in [-0.05, 0) is 24.5 Å². The fourth-order valence-electron chi connectivity index (χ4n) is 1.53. The van der Waals surface area contributed by atoms with E-state index in [1.165, 1.54) is 19.5 Å². The summed E-state index contributed by atoms with van der Waals surface area (Å²) < 4.78 is 0. The van der Waals surface area contributed by atoms with E-state index in [2.05, 4.69) is 25.3 Å². The summed E-state index contributed by atoms with van der Waals surface area (Å²) in [5.41, 5.74) is 0. The number of rotatable bonds is 2. The predicted octanol–water partition coefficient (Wildman–Crippen LogP) is 2.11. The van der Waals surface area contributed by atoms with Crippen molar-refractivity contribution in [3.8, 4) is 0 Å². The molecule has 1 unspecified atom stereocenters. The van der Waals surface area contributed by atoms with Gasteiger partial charge < -0.3 is 4.90 Å². The second kappa shape index (κ2) is 3.09. The molecule has 1 aliphatic rings. The summed E-state index contributed by atoms with van der Waals surface area (Å²) in [6.45, 7) is 10.8. The number of likely N-dealkylation sites (tertiary alicyclic amines) is 1. The van der Waals surface area contributed by atoms with E-state index >= 15 is 0 Å². The molecule has 1 aliphatic heterocycles. The van der Waals surface area contributed by atoms with Gasteiger partial charge in [-0.2, -0.15) is 0 Å². The lowest BCUT2D eigenvalue weighted by Gasteiger charge is -2.14. The third-order valence-electron chi connectivity index (χ3n) is 2.46. The van der Waals surface area contributed by atoms with Crippen molar-refractivity contribution in [1.29, 1.82) is 0 Å². The zero-order valence-corrected chi connectivity index (χ0v) is 7.01. The van der Waals surface area contributed by atoms with Crippen LogP contribution in [-0.4, -0.2) is 18.0 Å². The molecule has 1 heterocycles. The van der Waals surface area contributed by atoms with E-state index in [-0.39, 0.29) is 0 Å².